The molecular weight excluding hydrogens is 493 g/mol. The highest BCUT2D eigenvalue weighted by atomic mass is 32.2. The van der Waals surface area contributed by atoms with E-state index in [1.807, 2.05) is 45.9 Å². The third-order valence-corrected chi connectivity index (χ3v) is 6.66. The molecule has 0 radical (unpaired) electrons. The quantitative estimate of drug-likeness (QED) is 0.359. The summed E-state index contributed by atoms with van der Waals surface area (Å²) in [5.41, 5.74) is 2.16. The predicted molar refractivity (Wildman–Crippen MR) is 131 cm³/mol. The molecule has 0 saturated carbocycles. The molecule has 3 aromatic rings. The third kappa shape index (κ3) is 6.78. The zero-order valence-corrected chi connectivity index (χ0v) is 21.1. The number of hydrogen-bond acceptors (Lipinski definition) is 4. The minimum atomic E-state index is -4.69. The average Bonchev–Trinajstić information content (AvgIpc) is 2.78. The van der Waals surface area contributed by atoms with Gasteiger partial charge in [0, 0.05) is 18.3 Å². The summed E-state index contributed by atoms with van der Waals surface area (Å²) in [7, 11) is -4.52. The Labute approximate surface area is 208 Å². The van der Waals surface area contributed by atoms with Crippen molar-refractivity contribution >= 4 is 21.8 Å². The molecule has 192 valence electrons. The summed E-state index contributed by atoms with van der Waals surface area (Å²) in [5.74, 6) is -0.0802. The number of carbonyl (C=O) groups is 1. The summed E-state index contributed by atoms with van der Waals surface area (Å²) in [4.78, 5) is 14.0. The number of anilines is 1. The van der Waals surface area contributed by atoms with E-state index in [0.717, 1.165) is 29.3 Å². The minimum absolute atomic E-state index is 0.0802. The van der Waals surface area contributed by atoms with Crippen LogP contribution >= 0.6 is 0 Å². The van der Waals surface area contributed by atoms with E-state index in [9.17, 15) is 26.4 Å². The second-order valence-corrected chi connectivity index (χ2v) is 10.2. The van der Waals surface area contributed by atoms with Crippen LogP contribution < -0.4 is 9.50 Å². The van der Waals surface area contributed by atoms with Crippen LogP contribution in [-0.4, -0.2) is 25.4 Å². The second-order valence-electron chi connectivity index (χ2n) is 8.68. The molecule has 2 amide bonds. The topological polar surface area (TPSA) is 75.7 Å². The lowest BCUT2D eigenvalue weighted by Gasteiger charge is -2.27. The summed E-state index contributed by atoms with van der Waals surface area (Å²) >= 11 is 0. The van der Waals surface area contributed by atoms with Crippen molar-refractivity contribution < 1.29 is 30.6 Å². The van der Waals surface area contributed by atoms with E-state index in [1.165, 1.54) is 12.1 Å². The van der Waals surface area contributed by atoms with Gasteiger partial charge in [-0.1, -0.05) is 35.9 Å². The first-order valence-corrected chi connectivity index (χ1v) is 12.5. The first-order chi connectivity index (χ1) is 16.8. The maximum Gasteiger partial charge on any atom is 0.416 e. The number of urea groups is 1. The van der Waals surface area contributed by atoms with E-state index in [4.69, 9.17) is 4.18 Å². The summed E-state index contributed by atoms with van der Waals surface area (Å²) in [6.45, 7) is 7.70. The van der Waals surface area contributed by atoms with Crippen LogP contribution in [0.25, 0.3) is 0 Å². The Kier molecular flexibility index (Phi) is 7.98. The molecular formula is C26H27F3N2O4S. The van der Waals surface area contributed by atoms with Crippen molar-refractivity contribution in [2.24, 2.45) is 0 Å². The number of alkyl halides is 3. The maximum absolute atomic E-state index is 13.0. The molecule has 6 nitrogen and oxygen atoms in total. The molecule has 0 unspecified atom stereocenters. The van der Waals surface area contributed by atoms with E-state index >= 15 is 0 Å². The highest BCUT2D eigenvalue weighted by molar-refractivity contribution is 7.87. The number of carbonyl (C=O) groups excluding carboxylic acids is 1. The summed E-state index contributed by atoms with van der Waals surface area (Å²) in [5, 5.41) is 2.90. The Morgan fingerprint density at radius 3 is 2.33 bits per heavy atom. The summed E-state index contributed by atoms with van der Waals surface area (Å²) in [6.07, 6.45) is -4.69. The molecule has 36 heavy (non-hydrogen) atoms. The smallest absolute Gasteiger partial charge is 0.379 e. The number of aryl methyl sites for hydroxylation is 2. The zero-order chi connectivity index (χ0) is 26.7. The Morgan fingerprint density at radius 1 is 1.00 bits per heavy atom. The first-order valence-electron chi connectivity index (χ1n) is 11.1. The molecule has 0 aliphatic rings. The Morgan fingerprint density at radius 2 is 1.69 bits per heavy atom. The van der Waals surface area contributed by atoms with Gasteiger partial charge in [-0.05, 0) is 75.2 Å². The van der Waals surface area contributed by atoms with Gasteiger partial charge in [0.1, 0.15) is 10.6 Å². The molecule has 0 heterocycles. The molecule has 0 saturated heterocycles. The highest BCUT2D eigenvalue weighted by Gasteiger charge is 2.32. The van der Waals surface area contributed by atoms with Crippen molar-refractivity contribution in [2.45, 2.75) is 51.4 Å². The van der Waals surface area contributed by atoms with Gasteiger partial charge in [-0.3, -0.25) is 0 Å². The van der Waals surface area contributed by atoms with Gasteiger partial charge in [-0.25, -0.2) is 4.79 Å². The lowest BCUT2D eigenvalue weighted by molar-refractivity contribution is -0.137. The van der Waals surface area contributed by atoms with Crippen LogP contribution in [0.1, 0.15) is 36.1 Å². The molecule has 0 spiro atoms. The van der Waals surface area contributed by atoms with Crippen molar-refractivity contribution in [2.75, 3.05) is 5.32 Å². The molecule has 3 rings (SSSR count). The predicted octanol–water partition coefficient (Wildman–Crippen LogP) is 6.53. The van der Waals surface area contributed by atoms with Crippen LogP contribution in [0.4, 0.5) is 23.7 Å². The number of rotatable bonds is 7. The van der Waals surface area contributed by atoms with Gasteiger partial charge in [-0.15, -0.1) is 0 Å². The van der Waals surface area contributed by atoms with Gasteiger partial charge in [0.25, 0.3) is 0 Å². The van der Waals surface area contributed by atoms with Crippen molar-refractivity contribution in [1.82, 2.24) is 4.90 Å². The number of benzene rings is 3. The molecule has 0 fully saturated rings. The molecule has 0 atom stereocenters. The Balaban J connectivity index is 1.78. The van der Waals surface area contributed by atoms with Gasteiger partial charge in [0.2, 0.25) is 0 Å². The number of nitrogens with one attached hydrogen (secondary N) is 1. The number of halogens is 3. The fourth-order valence-electron chi connectivity index (χ4n) is 3.52. The average molecular weight is 521 g/mol. The van der Waals surface area contributed by atoms with E-state index in [-0.39, 0.29) is 24.4 Å². The molecule has 3 aromatic carbocycles. The van der Waals surface area contributed by atoms with Crippen LogP contribution in [0.2, 0.25) is 0 Å². The normalized spacial score (nSPS) is 11.9. The molecule has 0 bridgehead atoms. The van der Waals surface area contributed by atoms with Gasteiger partial charge in [0.05, 0.1) is 5.56 Å². The minimum Gasteiger partial charge on any atom is -0.379 e. The first kappa shape index (κ1) is 27.1. The monoisotopic (exact) mass is 520 g/mol. The van der Waals surface area contributed by atoms with Crippen LogP contribution in [0.5, 0.6) is 5.75 Å². The molecule has 10 heteroatoms. The Bertz CT molecular complexity index is 1360. The van der Waals surface area contributed by atoms with E-state index < -0.39 is 26.8 Å². The molecule has 0 aliphatic carbocycles. The molecule has 1 N–H and O–H groups in total. The summed E-state index contributed by atoms with van der Waals surface area (Å²) in [6, 6.07) is 14.6. The van der Waals surface area contributed by atoms with Gasteiger partial charge in [0.15, 0.2) is 0 Å². The van der Waals surface area contributed by atoms with Crippen LogP contribution in [0, 0.1) is 13.8 Å². The van der Waals surface area contributed by atoms with Crippen molar-refractivity contribution in [1.29, 1.82) is 0 Å². The number of amides is 2. The summed E-state index contributed by atoms with van der Waals surface area (Å²) < 4.78 is 69.3. The second kappa shape index (κ2) is 10.6. The van der Waals surface area contributed by atoms with Gasteiger partial charge >= 0.3 is 22.3 Å². The third-order valence-electron chi connectivity index (χ3n) is 5.42. The Hall–Kier alpha value is -3.53. The van der Waals surface area contributed by atoms with E-state index in [2.05, 4.69) is 5.32 Å². The lowest BCUT2D eigenvalue weighted by atomic mass is 10.1. The van der Waals surface area contributed by atoms with E-state index in [0.29, 0.717) is 17.3 Å². The molecule has 0 aliphatic heterocycles. The van der Waals surface area contributed by atoms with Gasteiger partial charge < -0.3 is 14.4 Å². The van der Waals surface area contributed by atoms with Crippen molar-refractivity contribution in [3.8, 4) is 5.75 Å². The lowest BCUT2D eigenvalue weighted by Crippen LogP contribution is -2.39. The number of nitrogens with zero attached hydrogens (tertiary/aromatic N) is 1. The number of hydrogen-bond donors (Lipinski definition) is 1. The highest BCUT2D eigenvalue weighted by Crippen LogP contribution is 2.31. The molecule has 0 aromatic heterocycles. The van der Waals surface area contributed by atoms with Gasteiger partial charge in [-0.2, -0.15) is 21.6 Å². The van der Waals surface area contributed by atoms with E-state index in [1.54, 1.807) is 17.0 Å². The SMILES string of the molecule is Cc1ccc(NC(=O)N(Cc2cccc(OS(=O)(=O)c3cccc(C(F)(F)F)c3)c2)C(C)C)c(C)c1. The van der Waals surface area contributed by atoms with Crippen LogP contribution in [0.15, 0.2) is 71.6 Å². The standard InChI is InChI=1S/C26H27F3N2O4S/c1-17(2)31(25(32)30-24-12-11-18(3)13-19(24)4)16-20-7-5-9-22(14-20)35-36(33,34)23-10-6-8-21(15-23)26(27,28)29/h5-15,17H,16H2,1-4H3,(H,30,32). The van der Waals surface area contributed by atoms with Crippen molar-refractivity contribution in [3.05, 3.63) is 89.0 Å². The fraction of sp³-hybridized carbons (Fsp3) is 0.269. The van der Waals surface area contributed by atoms with Crippen LogP contribution in [0.3, 0.4) is 0 Å². The fourth-order valence-corrected chi connectivity index (χ4v) is 4.49. The zero-order valence-electron chi connectivity index (χ0n) is 20.3. The largest absolute Gasteiger partial charge is 0.416 e. The maximum atomic E-state index is 13.0. The van der Waals surface area contributed by atoms with Crippen molar-refractivity contribution in [3.63, 3.8) is 0 Å². The van der Waals surface area contributed by atoms with Crippen LogP contribution in [-0.2, 0) is 22.8 Å².